The van der Waals surface area contributed by atoms with Crippen LogP contribution in [0.1, 0.15) is 31.7 Å². The number of carbonyl (C=O) groups excluding carboxylic acids is 1. The van der Waals surface area contributed by atoms with Crippen molar-refractivity contribution >= 4 is 47.2 Å². The molecule has 0 saturated heterocycles. The lowest BCUT2D eigenvalue weighted by molar-refractivity contribution is -0.122. The van der Waals surface area contributed by atoms with Gasteiger partial charge in [0.15, 0.2) is 17.5 Å². The third-order valence-corrected chi connectivity index (χ3v) is 5.08. The monoisotopic (exact) mass is 538 g/mol. The SMILES string of the molecule is CCOc1cc(NC(=NC)NCc2cccc(NC(=O)C3CCC3)c2)ccc1OC.I. The topological polar surface area (TPSA) is 84.0 Å². The Kier molecular flexibility index (Phi) is 9.90. The molecule has 0 radical (unpaired) electrons. The van der Waals surface area contributed by atoms with Crippen molar-refractivity contribution < 1.29 is 14.3 Å². The molecular weight excluding hydrogens is 507 g/mol. The van der Waals surface area contributed by atoms with E-state index in [2.05, 4.69) is 20.9 Å². The molecule has 168 valence electrons. The summed E-state index contributed by atoms with van der Waals surface area (Å²) in [6, 6.07) is 13.5. The number of halogens is 1. The zero-order chi connectivity index (χ0) is 21.3. The molecule has 2 aromatic rings. The maximum atomic E-state index is 12.2. The molecule has 0 aliphatic heterocycles. The van der Waals surface area contributed by atoms with Crippen LogP contribution in [-0.4, -0.2) is 32.6 Å². The number of rotatable bonds is 8. The number of nitrogens with zero attached hydrogens (tertiary/aromatic N) is 1. The minimum atomic E-state index is 0. The summed E-state index contributed by atoms with van der Waals surface area (Å²) < 4.78 is 11.0. The highest BCUT2D eigenvalue weighted by molar-refractivity contribution is 14.0. The number of hydrogen-bond donors (Lipinski definition) is 3. The van der Waals surface area contributed by atoms with Gasteiger partial charge < -0.3 is 25.4 Å². The molecule has 0 atom stereocenters. The fourth-order valence-electron chi connectivity index (χ4n) is 3.20. The summed E-state index contributed by atoms with van der Waals surface area (Å²) in [7, 11) is 3.34. The average molecular weight is 538 g/mol. The Morgan fingerprint density at radius 3 is 2.52 bits per heavy atom. The van der Waals surface area contributed by atoms with Crippen molar-refractivity contribution in [2.45, 2.75) is 32.7 Å². The first-order chi connectivity index (χ1) is 14.6. The van der Waals surface area contributed by atoms with E-state index in [1.807, 2.05) is 49.4 Å². The second kappa shape index (κ2) is 12.4. The lowest BCUT2D eigenvalue weighted by Crippen LogP contribution is -2.30. The van der Waals surface area contributed by atoms with Gasteiger partial charge in [-0.25, -0.2) is 0 Å². The van der Waals surface area contributed by atoms with Gasteiger partial charge in [0.2, 0.25) is 5.91 Å². The van der Waals surface area contributed by atoms with Crippen molar-refractivity contribution in [2.24, 2.45) is 10.9 Å². The highest BCUT2D eigenvalue weighted by Gasteiger charge is 2.25. The fraction of sp³-hybridized carbons (Fsp3) is 0.391. The van der Waals surface area contributed by atoms with Gasteiger partial charge in [0, 0.05) is 37.0 Å². The Bertz CT molecular complexity index is 900. The van der Waals surface area contributed by atoms with Crippen LogP contribution in [0.2, 0.25) is 0 Å². The van der Waals surface area contributed by atoms with E-state index in [1.54, 1.807) is 14.2 Å². The van der Waals surface area contributed by atoms with Gasteiger partial charge in [-0.3, -0.25) is 9.79 Å². The standard InChI is InChI=1S/C23H30N4O3.HI/c1-4-30-21-14-19(11-12-20(21)29-3)27-23(24-2)25-15-16-7-5-10-18(13-16)26-22(28)17-8-6-9-17;/h5,7,10-14,17H,4,6,8-9,15H2,1-3H3,(H,26,28)(H2,24,25,27);1H. The number of carbonyl (C=O) groups is 1. The molecule has 0 heterocycles. The van der Waals surface area contributed by atoms with Crippen LogP contribution < -0.4 is 25.4 Å². The molecule has 1 aliphatic rings. The van der Waals surface area contributed by atoms with Gasteiger partial charge in [-0.15, -0.1) is 24.0 Å². The summed E-state index contributed by atoms with van der Waals surface area (Å²) >= 11 is 0. The molecule has 1 amide bonds. The highest BCUT2D eigenvalue weighted by Crippen LogP contribution is 2.30. The first-order valence-corrected chi connectivity index (χ1v) is 10.3. The summed E-state index contributed by atoms with van der Waals surface area (Å²) in [6.45, 7) is 3.06. The van der Waals surface area contributed by atoms with E-state index in [1.165, 1.54) is 0 Å². The maximum Gasteiger partial charge on any atom is 0.227 e. The van der Waals surface area contributed by atoms with Crippen LogP contribution in [0.5, 0.6) is 11.5 Å². The number of ether oxygens (including phenoxy) is 2. The maximum absolute atomic E-state index is 12.2. The average Bonchev–Trinajstić information content (AvgIpc) is 2.70. The summed E-state index contributed by atoms with van der Waals surface area (Å²) in [5.74, 6) is 2.28. The van der Waals surface area contributed by atoms with Crippen molar-refractivity contribution in [3.63, 3.8) is 0 Å². The number of guanidine groups is 1. The number of methoxy groups -OCH3 is 1. The van der Waals surface area contributed by atoms with Crippen molar-refractivity contribution in [1.82, 2.24) is 5.32 Å². The normalized spacial score (nSPS) is 13.5. The predicted molar refractivity (Wildman–Crippen MR) is 136 cm³/mol. The van der Waals surface area contributed by atoms with Crippen molar-refractivity contribution in [3.8, 4) is 11.5 Å². The second-order valence-corrected chi connectivity index (χ2v) is 7.17. The van der Waals surface area contributed by atoms with Gasteiger partial charge in [-0.05, 0) is 49.6 Å². The van der Waals surface area contributed by atoms with E-state index < -0.39 is 0 Å². The Morgan fingerprint density at radius 2 is 1.87 bits per heavy atom. The summed E-state index contributed by atoms with van der Waals surface area (Å²) in [5.41, 5.74) is 2.72. The molecule has 3 N–H and O–H groups in total. The van der Waals surface area contributed by atoms with E-state index in [-0.39, 0.29) is 35.8 Å². The van der Waals surface area contributed by atoms with Gasteiger partial charge in [0.25, 0.3) is 0 Å². The molecule has 7 nitrogen and oxygen atoms in total. The van der Waals surface area contributed by atoms with Gasteiger partial charge in [0.1, 0.15) is 0 Å². The zero-order valence-electron chi connectivity index (χ0n) is 18.2. The number of aliphatic imine (C=N–C) groups is 1. The summed E-state index contributed by atoms with van der Waals surface area (Å²) in [5, 5.41) is 9.57. The quantitative estimate of drug-likeness (QED) is 0.259. The lowest BCUT2D eigenvalue weighted by Gasteiger charge is -2.24. The van der Waals surface area contributed by atoms with E-state index >= 15 is 0 Å². The number of amides is 1. The molecular formula is C23H31IN4O3. The highest BCUT2D eigenvalue weighted by atomic mass is 127. The number of hydrogen-bond acceptors (Lipinski definition) is 4. The Labute approximate surface area is 201 Å². The summed E-state index contributed by atoms with van der Waals surface area (Å²) in [6.07, 6.45) is 3.13. The fourth-order valence-corrected chi connectivity index (χ4v) is 3.20. The zero-order valence-corrected chi connectivity index (χ0v) is 20.6. The molecule has 31 heavy (non-hydrogen) atoms. The van der Waals surface area contributed by atoms with Crippen LogP contribution in [0.3, 0.4) is 0 Å². The van der Waals surface area contributed by atoms with Crippen molar-refractivity contribution in [1.29, 1.82) is 0 Å². The largest absolute Gasteiger partial charge is 0.493 e. The Morgan fingerprint density at radius 1 is 1.10 bits per heavy atom. The van der Waals surface area contributed by atoms with E-state index in [0.29, 0.717) is 30.6 Å². The number of benzene rings is 2. The van der Waals surface area contributed by atoms with Crippen LogP contribution in [0.25, 0.3) is 0 Å². The van der Waals surface area contributed by atoms with E-state index in [4.69, 9.17) is 9.47 Å². The molecule has 0 spiro atoms. The molecule has 2 aromatic carbocycles. The van der Waals surface area contributed by atoms with Crippen LogP contribution in [0.15, 0.2) is 47.5 Å². The summed E-state index contributed by atoms with van der Waals surface area (Å²) in [4.78, 5) is 16.4. The van der Waals surface area contributed by atoms with Crippen molar-refractivity contribution in [3.05, 3.63) is 48.0 Å². The molecule has 1 fully saturated rings. The molecule has 0 unspecified atom stereocenters. The van der Waals surface area contributed by atoms with Crippen molar-refractivity contribution in [2.75, 3.05) is 31.4 Å². The minimum Gasteiger partial charge on any atom is -0.493 e. The number of anilines is 2. The third-order valence-electron chi connectivity index (χ3n) is 5.08. The predicted octanol–water partition coefficient (Wildman–Crippen LogP) is 4.64. The van der Waals surface area contributed by atoms with Crippen LogP contribution >= 0.6 is 24.0 Å². The first kappa shape index (κ1) is 24.8. The Hall–Kier alpha value is -2.49. The van der Waals surface area contributed by atoms with Crippen LogP contribution in [-0.2, 0) is 11.3 Å². The molecule has 0 aromatic heterocycles. The van der Waals surface area contributed by atoms with E-state index in [9.17, 15) is 4.79 Å². The number of nitrogens with one attached hydrogen (secondary N) is 3. The smallest absolute Gasteiger partial charge is 0.227 e. The van der Waals surface area contributed by atoms with E-state index in [0.717, 1.165) is 36.2 Å². The van der Waals surface area contributed by atoms with Gasteiger partial charge in [-0.2, -0.15) is 0 Å². The molecule has 3 rings (SSSR count). The Balaban J connectivity index is 0.00000341. The lowest BCUT2D eigenvalue weighted by atomic mass is 9.85. The first-order valence-electron chi connectivity index (χ1n) is 10.3. The van der Waals surface area contributed by atoms with Gasteiger partial charge in [-0.1, -0.05) is 18.6 Å². The van der Waals surface area contributed by atoms with Crippen LogP contribution in [0.4, 0.5) is 11.4 Å². The third kappa shape index (κ3) is 7.02. The van der Waals surface area contributed by atoms with Gasteiger partial charge in [0.05, 0.1) is 13.7 Å². The second-order valence-electron chi connectivity index (χ2n) is 7.17. The molecule has 0 bridgehead atoms. The molecule has 1 aliphatic carbocycles. The minimum absolute atomic E-state index is 0. The van der Waals surface area contributed by atoms with Gasteiger partial charge >= 0.3 is 0 Å². The molecule has 1 saturated carbocycles. The molecule has 8 heteroatoms. The van der Waals surface area contributed by atoms with Crippen LogP contribution in [0, 0.1) is 5.92 Å².